The van der Waals surface area contributed by atoms with Gasteiger partial charge in [-0.1, -0.05) is 11.6 Å². The fourth-order valence-corrected chi connectivity index (χ4v) is 3.64. The molecule has 0 aromatic heterocycles. The molecule has 2 aliphatic rings. The van der Waals surface area contributed by atoms with Crippen molar-refractivity contribution in [1.29, 1.82) is 0 Å². The molecule has 2 unspecified atom stereocenters. The highest BCUT2D eigenvalue weighted by molar-refractivity contribution is 6.30. The van der Waals surface area contributed by atoms with E-state index in [-0.39, 0.29) is 30.2 Å². The highest BCUT2D eigenvalue weighted by Gasteiger charge is 2.39. The molecule has 1 aromatic rings. The number of rotatable bonds is 3. The molecule has 2 fully saturated rings. The average molecular weight is 336 g/mol. The predicted molar refractivity (Wildman–Crippen MR) is 90.3 cm³/mol. The Bertz CT molecular complexity index is 590. The summed E-state index contributed by atoms with van der Waals surface area (Å²) in [5.74, 6) is -0.206. The predicted octanol–water partition coefficient (Wildman–Crippen LogP) is 2.03. The van der Waals surface area contributed by atoms with E-state index in [2.05, 4.69) is 0 Å². The number of hydrogen-bond acceptors (Lipinski definition) is 3. The van der Waals surface area contributed by atoms with Crippen molar-refractivity contribution in [1.82, 2.24) is 4.90 Å². The monoisotopic (exact) mass is 335 g/mol. The van der Waals surface area contributed by atoms with Crippen molar-refractivity contribution in [2.75, 3.05) is 24.5 Å². The van der Waals surface area contributed by atoms with E-state index in [1.165, 1.54) is 0 Å². The van der Waals surface area contributed by atoms with Gasteiger partial charge in [0.1, 0.15) is 0 Å². The molecule has 2 aliphatic heterocycles. The molecule has 0 radical (unpaired) electrons. The lowest BCUT2D eigenvalue weighted by atomic mass is 9.98. The Morgan fingerprint density at radius 3 is 2.70 bits per heavy atom. The van der Waals surface area contributed by atoms with E-state index >= 15 is 0 Å². The van der Waals surface area contributed by atoms with Crippen molar-refractivity contribution in [2.24, 2.45) is 11.7 Å². The Morgan fingerprint density at radius 2 is 2.00 bits per heavy atom. The third-order valence-electron chi connectivity index (χ3n) is 4.79. The zero-order valence-corrected chi connectivity index (χ0v) is 13.8. The van der Waals surface area contributed by atoms with Crippen LogP contribution in [0.1, 0.15) is 25.7 Å². The quantitative estimate of drug-likeness (QED) is 0.919. The minimum Gasteiger partial charge on any atom is -0.338 e. The first-order valence-corrected chi connectivity index (χ1v) is 8.54. The normalized spacial score (nSPS) is 25.0. The topological polar surface area (TPSA) is 66.6 Å². The van der Waals surface area contributed by atoms with Gasteiger partial charge in [-0.25, -0.2) is 0 Å². The van der Waals surface area contributed by atoms with Gasteiger partial charge in [-0.3, -0.25) is 9.59 Å². The summed E-state index contributed by atoms with van der Waals surface area (Å²) in [6, 6.07) is 7.27. The highest BCUT2D eigenvalue weighted by atomic mass is 35.5. The van der Waals surface area contributed by atoms with Crippen LogP contribution in [0, 0.1) is 5.92 Å². The first kappa shape index (κ1) is 16.3. The van der Waals surface area contributed by atoms with Gasteiger partial charge in [0, 0.05) is 42.8 Å². The molecule has 2 heterocycles. The maximum Gasteiger partial charge on any atom is 0.228 e. The number of piperidine rings is 1. The number of halogens is 1. The van der Waals surface area contributed by atoms with Crippen molar-refractivity contribution in [2.45, 2.75) is 31.7 Å². The molecule has 0 aliphatic carbocycles. The Morgan fingerprint density at radius 1 is 1.26 bits per heavy atom. The molecule has 2 amide bonds. The molecule has 0 bridgehead atoms. The number of likely N-dealkylation sites (tertiary alicyclic amines) is 1. The molecule has 5 nitrogen and oxygen atoms in total. The van der Waals surface area contributed by atoms with Gasteiger partial charge in [0.2, 0.25) is 11.8 Å². The Hall–Kier alpha value is -1.59. The van der Waals surface area contributed by atoms with Gasteiger partial charge in [-0.05, 0) is 43.5 Å². The smallest absolute Gasteiger partial charge is 0.228 e. The largest absolute Gasteiger partial charge is 0.338 e. The zero-order valence-electron chi connectivity index (χ0n) is 13.1. The number of amides is 2. The third-order valence-corrected chi connectivity index (χ3v) is 5.05. The van der Waals surface area contributed by atoms with Crippen LogP contribution in [0.4, 0.5) is 5.69 Å². The number of anilines is 1. The third kappa shape index (κ3) is 3.35. The van der Waals surface area contributed by atoms with Gasteiger partial charge < -0.3 is 15.5 Å². The average Bonchev–Trinajstić information content (AvgIpc) is 2.96. The van der Waals surface area contributed by atoms with Crippen molar-refractivity contribution >= 4 is 29.1 Å². The van der Waals surface area contributed by atoms with Crippen LogP contribution >= 0.6 is 11.6 Å². The standard InChI is InChI=1S/C17H22ClN3O2/c18-13-4-6-14(7-5-13)21-11-12(9-16(21)22)17(23)20-8-2-1-3-15(20)10-19/h4-7,12,15H,1-3,8-11,19H2. The molecule has 0 saturated carbocycles. The second-order valence-electron chi connectivity index (χ2n) is 6.30. The van der Waals surface area contributed by atoms with Crippen molar-refractivity contribution in [3.8, 4) is 0 Å². The van der Waals surface area contributed by atoms with Crippen molar-refractivity contribution < 1.29 is 9.59 Å². The highest BCUT2D eigenvalue weighted by Crippen LogP contribution is 2.29. The van der Waals surface area contributed by atoms with Gasteiger partial charge in [-0.2, -0.15) is 0 Å². The van der Waals surface area contributed by atoms with Crippen LogP contribution in [0.15, 0.2) is 24.3 Å². The van der Waals surface area contributed by atoms with E-state index in [1.807, 2.05) is 17.0 Å². The molecule has 0 spiro atoms. The molecule has 124 valence electrons. The SMILES string of the molecule is NCC1CCCCN1C(=O)C1CC(=O)N(c2ccc(Cl)cc2)C1. The van der Waals surface area contributed by atoms with E-state index in [0.717, 1.165) is 31.5 Å². The first-order valence-electron chi connectivity index (χ1n) is 8.16. The molecule has 2 saturated heterocycles. The van der Waals surface area contributed by atoms with Crippen LogP contribution in [-0.2, 0) is 9.59 Å². The van der Waals surface area contributed by atoms with Crippen molar-refractivity contribution in [3.05, 3.63) is 29.3 Å². The van der Waals surface area contributed by atoms with E-state index in [9.17, 15) is 9.59 Å². The number of nitrogens with zero attached hydrogens (tertiary/aromatic N) is 2. The summed E-state index contributed by atoms with van der Waals surface area (Å²) in [5.41, 5.74) is 6.60. The number of hydrogen-bond donors (Lipinski definition) is 1. The summed E-state index contributed by atoms with van der Waals surface area (Å²) in [4.78, 5) is 28.7. The molecule has 2 N–H and O–H groups in total. The fourth-order valence-electron chi connectivity index (χ4n) is 3.51. The van der Waals surface area contributed by atoms with Gasteiger partial charge in [-0.15, -0.1) is 0 Å². The molecule has 6 heteroatoms. The number of carbonyl (C=O) groups is 2. The number of benzene rings is 1. The second kappa shape index (κ2) is 6.89. The van der Waals surface area contributed by atoms with Crippen LogP contribution < -0.4 is 10.6 Å². The summed E-state index contributed by atoms with van der Waals surface area (Å²) in [7, 11) is 0. The molecular weight excluding hydrogens is 314 g/mol. The Labute approximate surface area is 141 Å². The van der Waals surface area contributed by atoms with Crippen LogP contribution in [0.2, 0.25) is 5.02 Å². The van der Waals surface area contributed by atoms with Gasteiger partial charge in [0.25, 0.3) is 0 Å². The fraction of sp³-hybridized carbons (Fsp3) is 0.529. The Balaban J connectivity index is 1.71. The number of carbonyl (C=O) groups excluding carboxylic acids is 2. The summed E-state index contributed by atoms with van der Waals surface area (Å²) in [6.45, 7) is 1.69. The molecule has 3 rings (SSSR count). The summed E-state index contributed by atoms with van der Waals surface area (Å²) >= 11 is 5.89. The van der Waals surface area contributed by atoms with E-state index < -0.39 is 0 Å². The minimum absolute atomic E-state index is 0.00743. The second-order valence-corrected chi connectivity index (χ2v) is 6.74. The van der Waals surface area contributed by atoms with Crippen LogP contribution in [0.3, 0.4) is 0 Å². The Kier molecular flexibility index (Phi) is 4.87. The summed E-state index contributed by atoms with van der Waals surface area (Å²) in [5, 5.41) is 0.632. The van der Waals surface area contributed by atoms with Gasteiger partial charge in [0.05, 0.1) is 5.92 Å². The van der Waals surface area contributed by atoms with Gasteiger partial charge >= 0.3 is 0 Å². The van der Waals surface area contributed by atoms with Crippen molar-refractivity contribution in [3.63, 3.8) is 0 Å². The van der Waals surface area contributed by atoms with Crippen LogP contribution in [-0.4, -0.2) is 42.4 Å². The van der Waals surface area contributed by atoms with E-state index in [0.29, 0.717) is 18.1 Å². The van der Waals surface area contributed by atoms with E-state index in [4.69, 9.17) is 17.3 Å². The maximum absolute atomic E-state index is 12.8. The summed E-state index contributed by atoms with van der Waals surface area (Å²) < 4.78 is 0. The van der Waals surface area contributed by atoms with Gasteiger partial charge in [0.15, 0.2) is 0 Å². The number of nitrogens with two attached hydrogens (primary N) is 1. The van der Waals surface area contributed by atoms with Crippen LogP contribution in [0.5, 0.6) is 0 Å². The molecular formula is C17H22ClN3O2. The molecule has 1 aromatic carbocycles. The lowest BCUT2D eigenvalue weighted by Gasteiger charge is -2.36. The van der Waals surface area contributed by atoms with Crippen LogP contribution in [0.25, 0.3) is 0 Å². The zero-order chi connectivity index (χ0) is 16.4. The maximum atomic E-state index is 12.8. The lowest BCUT2D eigenvalue weighted by Crippen LogP contribution is -2.50. The molecule has 2 atom stereocenters. The first-order chi connectivity index (χ1) is 11.1. The lowest BCUT2D eigenvalue weighted by molar-refractivity contribution is -0.139. The summed E-state index contributed by atoms with van der Waals surface area (Å²) in [6.07, 6.45) is 3.37. The van der Waals surface area contributed by atoms with E-state index in [1.54, 1.807) is 17.0 Å². The molecule has 23 heavy (non-hydrogen) atoms. The minimum atomic E-state index is -0.273.